The molecule has 0 radical (unpaired) electrons. The van der Waals surface area contributed by atoms with Crippen LogP contribution in [0.4, 0.5) is 0 Å². The Hall–Kier alpha value is -4.04. The zero-order valence-electron chi connectivity index (χ0n) is 19.4. The van der Waals surface area contributed by atoms with Crippen molar-refractivity contribution < 1.29 is 23.8 Å². The highest BCUT2D eigenvalue weighted by Crippen LogP contribution is 2.27. The molecule has 2 amide bonds. The Kier molecular flexibility index (Phi) is 9.50. The van der Waals surface area contributed by atoms with Gasteiger partial charge in [-0.2, -0.15) is 5.10 Å². The van der Waals surface area contributed by atoms with E-state index in [1.54, 1.807) is 44.6 Å². The van der Waals surface area contributed by atoms with E-state index in [1.807, 2.05) is 36.4 Å². The van der Waals surface area contributed by atoms with E-state index in [0.29, 0.717) is 40.9 Å². The van der Waals surface area contributed by atoms with Gasteiger partial charge in [-0.05, 0) is 53.9 Å². The third-order valence-corrected chi connectivity index (χ3v) is 5.20. The molecule has 0 atom stereocenters. The lowest BCUT2D eigenvalue weighted by Gasteiger charge is -2.10. The molecule has 0 saturated heterocycles. The molecular formula is C26H26ClN3O5. The second-order valence-corrected chi connectivity index (χ2v) is 7.78. The fourth-order valence-corrected chi connectivity index (χ4v) is 3.23. The van der Waals surface area contributed by atoms with Crippen LogP contribution < -0.4 is 25.0 Å². The third kappa shape index (κ3) is 7.75. The molecule has 0 aliphatic heterocycles. The average Bonchev–Trinajstić information content (AvgIpc) is 2.88. The van der Waals surface area contributed by atoms with Gasteiger partial charge in [0.1, 0.15) is 12.4 Å². The number of amides is 2. The van der Waals surface area contributed by atoms with Crippen molar-refractivity contribution in [3.8, 4) is 17.2 Å². The molecule has 0 bridgehead atoms. The van der Waals surface area contributed by atoms with Crippen LogP contribution in [0.15, 0.2) is 71.8 Å². The number of nitrogens with one attached hydrogen (secondary N) is 2. The van der Waals surface area contributed by atoms with Crippen LogP contribution in [0, 0.1) is 0 Å². The maximum Gasteiger partial charge on any atom is 0.329 e. The highest BCUT2D eigenvalue weighted by molar-refractivity contribution is 6.35. The molecule has 0 aliphatic rings. The van der Waals surface area contributed by atoms with E-state index < -0.39 is 11.8 Å². The molecule has 0 heterocycles. The van der Waals surface area contributed by atoms with Gasteiger partial charge >= 0.3 is 11.8 Å². The van der Waals surface area contributed by atoms with Crippen LogP contribution in [-0.2, 0) is 22.6 Å². The normalized spacial score (nSPS) is 10.6. The minimum absolute atomic E-state index is 0.271. The predicted molar refractivity (Wildman–Crippen MR) is 134 cm³/mol. The number of methoxy groups -OCH3 is 2. The number of rotatable bonds is 10. The quantitative estimate of drug-likeness (QED) is 0.253. The summed E-state index contributed by atoms with van der Waals surface area (Å²) >= 11 is 5.91. The largest absolute Gasteiger partial charge is 0.493 e. The highest BCUT2D eigenvalue weighted by atomic mass is 35.5. The van der Waals surface area contributed by atoms with Crippen LogP contribution >= 0.6 is 11.6 Å². The van der Waals surface area contributed by atoms with E-state index in [1.165, 1.54) is 6.21 Å². The summed E-state index contributed by atoms with van der Waals surface area (Å²) in [7, 11) is 3.12. The summed E-state index contributed by atoms with van der Waals surface area (Å²) < 4.78 is 16.3. The summed E-state index contributed by atoms with van der Waals surface area (Å²) in [5, 5.41) is 7.11. The average molecular weight is 496 g/mol. The second kappa shape index (κ2) is 13.0. The van der Waals surface area contributed by atoms with Crippen LogP contribution in [0.5, 0.6) is 17.2 Å². The number of hydrogen-bond donors (Lipinski definition) is 2. The Morgan fingerprint density at radius 3 is 2.34 bits per heavy atom. The molecule has 35 heavy (non-hydrogen) atoms. The van der Waals surface area contributed by atoms with Crippen LogP contribution in [0.3, 0.4) is 0 Å². The van der Waals surface area contributed by atoms with Crippen LogP contribution in [0.25, 0.3) is 0 Å². The predicted octanol–water partition coefficient (Wildman–Crippen LogP) is 3.75. The van der Waals surface area contributed by atoms with Gasteiger partial charge in [0.15, 0.2) is 11.5 Å². The second-order valence-electron chi connectivity index (χ2n) is 7.35. The van der Waals surface area contributed by atoms with Crippen molar-refractivity contribution in [3.05, 3.63) is 88.4 Å². The molecule has 2 N–H and O–H groups in total. The lowest BCUT2D eigenvalue weighted by atomic mass is 10.1. The van der Waals surface area contributed by atoms with Crippen LogP contribution in [-0.4, -0.2) is 38.8 Å². The van der Waals surface area contributed by atoms with Crippen molar-refractivity contribution in [2.45, 2.75) is 13.0 Å². The molecule has 182 valence electrons. The molecule has 3 aromatic rings. The van der Waals surface area contributed by atoms with Gasteiger partial charge in [0, 0.05) is 17.1 Å². The SMILES string of the molecule is COc1ccc(CCNC(=O)C(=O)N/N=C\c2ccccc2OCc2ccc(Cl)cc2)cc1OC. The topological polar surface area (TPSA) is 98.2 Å². The van der Waals surface area contributed by atoms with E-state index in [9.17, 15) is 9.59 Å². The lowest BCUT2D eigenvalue weighted by molar-refractivity contribution is -0.139. The van der Waals surface area contributed by atoms with Gasteiger partial charge in [-0.1, -0.05) is 41.9 Å². The van der Waals surface area contributed by atoms with Gasteiger partial charge in [0.05, 0.1) is 20.4 Å². The zero-order chi connectivity index (χ0) is 25.0. The number of para-hydroxylation sites is 1. The third-order valence-electron chi connectivity index (χ3n) is 4.95. The Bertz CT molecular complexity index is 1180. The van der Waals surface area contributed by atoms with Crippen molar-refractivity contribution in [2.75, 3.05) is 20.8 Å². The van der Waals surface area contributed by atoms with Crippen LogP contribution in [0.2, 0.25) is 5.02 Å². The van der Waals surface area contributed by atoms with Crippen molar-refractivity contribution in [1.29, 1.82) is 0 Å². The van der Waals surface area contributed by atoms with Gasteiger partial charge in [-0.15, -0.1) is 0 Å². The Labute approximate surface area is 208 Å². The summed E-state index contributed by atoms with van der Waals surface area (Å²) in [5.41, 5.74) is 4.77. The van der Waals surface area contributed by atoms with Crippen molar-refractivity contribution in [3.63, 3.8) is 0 Å². The zero-order valence-corrected chi connectivity index (χ0v) is 20.2. The van der Waals surface area contributed by atoms with E-state index in [0.717, 1.165) is 11.1 Å². The minimum atomic E-state index is -0.867. The first-order valence-corrected chi connectivity index (χ1v) is 11.2. The molecule has 0 fully saturated rings. The van der Waals surface area contributed by atoms with Gasteiger partial charge in [0.25, 0.3) is 0 Å². The number of hydrazone groups is 1. The summed E-state index contributed by atoms with van der Waals surface area (Å²) in [4.78, 5) is 24.1. The summed E-state index contributed by atoms with van der Waals surface area (Å²) in [6.07, 6.45) is 1.94. The number of halogens is 1. The first kappa shape index (κ1) is 25.6. The lowest BCUT2D eigenvalue weighted by Crippen LogP contribution is -2.38. The maximum atomic E-state index is 12.1. The monoisotopic (exact) mass is 495 g/mol. The number of benzene rings is 3. The number of nitrogens with zero attached hydrogens (tertiary/aromatic N) is 1. The smallest absolute Gasteiger partial charge is 0.329 e. The van der Waals surface area contributed by atoms with Crippen molar-refractivity contribution in [2.24, 2.45) is 5.10 Å². The van der Waals surface area contributed by atoms with Crippen molar-refractivity contribution in [1.82, 2.24) is 10.7 Å². The number of carbonyl (C=O) groups excluding carboxylic acids is 2. The first-order valence-electron chi connectivity index (χ1n) is 10.8. The van der Waals surface area contributed by atoms with Gasteiger partial charge in [-0.3, -0.25) is 9.59 Å². The molecule has 0 aromatic heterocycles. The number of carbonyl (C=O) groups is 2. The molecule has 0 aliphatic carbocycles. The van der Waals surface area contributed by atoms with E-state index in [4.69, 9.17) is 25.8 Å². The Morgan fingerprint density at radius 2 is 1.60 bits per heavy atom. The molecule has 3 rings (SSSR count). The van der Waals surface area contributed by atoms with E-state index in [2.05, 4.69) is 15.8 Å². The maximum absolute atomic E-state index is 12.1. The van der Waals surface area contributed by atoms with E-state index in [-0.39, 0.29) is 6.54 Å². The number of hydrogen-bond acceptors (Lipinski definition) is 6. The summed E-state index contributed by atoms with van der Waals surface area (Å²) in [6, 6.07) is 20.0. The molecule has 0 spiro atoms. The standard InChI is InChI=1S/C26H26ClN3O5/c1-33-23-12-9-18(15-24(23)34-2)13-14-28-25(31)26(32)30-29-16-20-5-3-4-6-22(20)35-17-19-7-10-21(27)11-8-19/h3-12,15-16H,13-14,17H2,1-2H3,(H,28,31)(H,30,32)/b29-16-. The van der Waals surface area contributed by atoms with Crippen LogP contribution in [0.1, 0.15) is 16.7 Å². The summed E-state index contributed by atoms with van der Waals surface area (Å²) in [5.74, 6) is 0.151. The Balaban J connectivity index is 1.47. The summed E-state index contributed by atoms with van der Waals surface area (Å²) in [6.45, 7) is 0.615. The van der Waals surface area contributed by atoms with Crippen molar-refractivity contribution >= 4 is 29.6 Å². The van der Waals surface area contributed by atoms with E-state index >= 15 is 0 Å². The fraction of sp³-hybridized carbons (Fsp3) is 0.192. The fourth-order valence-electron chi connectivity index (χ4n) is 3.11. The molecule has 0 saturated carbocycles. The number of ether oxygens (including phenoxy) is 3. The molecule has 9 heteroatoms. The molecule has 3 aromatic carbocycles. The minimum Gasteiger partial charge on any atom is -0.493 e. The Morgan fingerprint density at radius 1 is 0.886 bits per heavy atom. The van der Waals surface area contributed by atoms with Gasteiger partial charge in [0.2, 0.25) is 0 Å². The van der Waals surface area contributed by atoms with Gasteiger partial charge in [-0.25, -0.2) is 5.43 Å². The molecule has 8 nitrogen and oxygen atoms in total. The molecular weight excluding hydrogens is 470 g/mol. The van der Waals surface area contributed by atoms with Gasteiger partial charge < -0.3 is 19.5 Å². The highest BCUT2D eigenvalue weighted by Gasteiger charge is 2.12. The molecule has 0 unspecified atom stereocenters. The first-order chi connectivity index (χ1) is 17.0.